The first-order valence-corrected chi connectivity index (χ1v) is 10.0. The van der Waals surface area contributed by atoms with Crippen LogP contribution in [0.3, 0.4) is 0 Å². The lowest BCUT2D eigenvalue weighted by atomic mass is 10.2. The summed E-state index contributed by atoms with van der Waals surface area (Å²) in [5, 5.41) is 0.728. The number of hydrogen-bond acceptors (Lipinski definition) is 4. The Hall–Kier alpha value is -2.53. The van der Waals surface area contributed by atoms with Crippen molar-refractivity contribution in [2.45, 2.75) is 27.2 Å². The van der Waals surface area contributed by atoms with Crippen LogP contribution in [0.2, 0.25) is 0 Å². The fourth-order valence-corrected chi connectivity index (χ4v) is 3.75. The molecule has 2 aromatic rings. The van der Waals surface area contributed by atoms with Crippen LogP contribution in [-0.4, -0.2) is 29.1 Å². The topological polar surface area (TPSA) is 41.9 Å². The van der Waals surface area contributed by atoms with Gasteiger partial charge in [-0.2, -0.15) is 0 Å². The summed E-state index contributed by atoms with van der Waals surface area (Å²) in [4.78, 5) is 19.9. The van der Waals surface area contributed by atoms with E-state index in [4.69, 9.17) is 9.73 Å². The van der Waals surface area contributed by atoms with E-state index in [0.29, 0.717) is 18.1 Å². The van der Waals surface area contributed by atoms with Crippen LogP contribution < -0.4 is 4.74 Å². The van der Waals surface area contributed by atoms with E-state index >= 15 is 0 Å². The van der Waals surface area contributed by atoms with E-state index in [1.54, 1.807) is 4.90 Å². The average molecular weight is 381 g/mol. The molecule has 3 rings (SSSR count). The molecule has 1 heterocycles. The Labute approximate surface area is 164 Å². The quantitative estimate of drug-likeness (QED) is 0.630. The van der Waals surface area contributed by atoms with E-state index in [1.165, 1.54) is 11.8 Å². The summed E-state index contributed by atoms with van der Waals surface area (Å²) in [5.74, 6) is 0.850. The number of carbonyl (C=O) groups excluding carboxylic acids is 1. The maximum absolute atomic E-state index is 12.8. The number of amides is 1. The smallest absolute Gasteiger partial charge is 0.266 e. The molecule has 0 aromatic heterocycles. The highest BCUT2D eigenvalue weighted by atomic mass is 32.2. The van der Waals surface area contributed by atoms with E-state index in [9.17, 15) is 4.79 Å². The van der Waals surface area contributed by atoms with Crippen LogP contribution in [0.25, 0.3) is 6.08 Å². The highest BCUT2D eigenvalue weighted by molar-refractivity contribution is 8.18. The van der Waals surface area contributed by atoms with Gasteiger partial charge < -0.3 is 4.74 Å². The maximum Gasteiger partial charge on any atom is 0.266 e. The third-order valence-corrected chi connectivity index (χ3v) is 5.19. The van der Waals surface area contributed by atoms with Crippen LogP contribution in [0.1, 0.15) is 31.4 Å². The minimum Gasteiger partial charge on any atom is -0.494 e. The molecule has 0 aliphatic carbocycles. The largest absolute Gasteiger partial charge is 0.494 e. The lowest BCUT2D eigenvalue weighted by Crippen LogP contribution is -2.28. The standard InChI is InChI=1S/C22H24N2O2S/c1-4-14-26-18-12-10-17(11-13-18)15-20-21(25)24(5-2)22(27-20)23-19-9-7-6-8-16(19)3/h6-13,15H,4-5,14H2,1-3H3/b20-15+,23-22?. The number of para-hydroxylation sites is 1. The van der Waals surface area contributed by atoms with Crippen molar-refractivity contribution in [2.24, 2.45) is 4.99 Å². The second-order valence-electron chi connectivity index (χ2n) is 6.26. The third kappa shape index (κ3) is 4.61. The van der Waals surface area contributed by atoms with E-state index in [2.05, 4.69) is 6.92 Å². The van der Waals surface area contributed by atoms with Crippen molar-refractivity contribution in [3.8, 4) is 5.75 Å². The zero-order chi connectivity index (χ0) is 19.2. The molecular weight excluding hydrogens is 356 g/mol. The van der Waals surface area contributed by atoms with Crippen LogP contribution in [-0.2, 0) is 4.79 Å². The molecule has 0 bridgehead atoms. The molecule has 0 atom stereocenters. The zero-order valence-corrected chi connectivity index (χ0v) is 16.8. The molecule has 4 nitrogen and oxygen atoms in total. The second kappa shape index (κ2) is 8.91. The van der Waals surface area contributed by atoms with Gasteiger partial charge in [0.2, 0.25) is 0 Å². The van der Waals surface area contributed by atoms with Gasteiger partial charge in [-0.3, -0.25) is 9.69 Å². The normalized spacial score (nSPS) is 17.1. The highest BCUT2D eigenvalue weighted by Gasteiger charge is 2.32. The SMILES string of the molecule is CCCOc1ccc(/C=C2/SC(=Nc3ccccc3C)N(CC)C2=O)cc1. The molecule has 1 fully saturated rings. The monoisotopic (exact) mass is 380 g/mol. The number of hydrogen-bond donors (Lipinski definition) is 0. The summed E-state index contributed by atoms with van der Waals surface area (Å²) >= 11 is 1.42. The summed E-state index contributed by atoms with van der Waals surface area (Å²) in [6.07, 6.45) is 2.90. The van der Waals surface area contributed by atoms with Crippen molar-refractivity contribution in [1.29, 1.82) is 0 Å². The van der Waals surface area contributed by atoms with Crippen molar-refractivity contribution >= 4 is 34.6 Å². The first-order valence-electron chi connectivity index (χ1n) is 9.21. The zero-order valence-electron chi connectivity index (χ0n) is 15.9. The maximum atomic E-state index is 12.8. The van der Waals surface area contributed by atoms with E-state index < -0.39 is 0 Å². The molecule has 0 spiro atoms. The number of thioether (sulfide) groups is 1. The van der Waals surface area contributed by atoms with Crippen LogP contribution in [0.4, 0.5) is 5.69 Å². The molecular formula is C22H24N2O2S. The fraction of sp³-hybridized carbons (Fsp3) is 0.273. The number of rotatable bonds is 6. The Morgan fingerprint density at radius 1 is 1.11 bits per heavy atom. The van der Waals surface area contributed by atoms with Crippen molar-refractivity contribution in [1.82, 2.24) is 4.90 Å². The average Bonchev–Trinajstić information content (AvgIpc) is 2.97. The van der Waals surface area contributed by atoms with Gasteiger partial charge in [0.15, 0.2) is 5.17 Å². The van der Waals surface area contributed by atoms with Crippen molar-refractivity contribution < 1.29 is 9.53 Å². The molecule has 0 unspecified atom stereocenters. The predicted molar refractivity (Wildman–Crippen MR) is 113 cm³/mol. The van der Waals surface area contributed by atoms with Gasteiger partial charge in [-0.25, -0.2) is 4.99 Å². The van der Waals surface area contributed by atoms with Crippen LogP contribution in [0.15, 0.2) is 58.4 Å². The Morgan fingerprint density at radius 3 is 2.52 bits per heavy atom. The predicted octanol–water partition coefficient (Wildman–Crippen LogP) is 5.41. The fourth-order valence-electron chi connectivity index (χ4n) is 2.69. The van der Waals surface area contributed by atoms with Gasteiger partial charge in [0.1, 0.15) is 5.75 Å². The van der Waals surface area contributed by atoms with Gasteiger partial charge in [-0.05, 0) is 67.4 Å². The van der Waals surface area contributed by atoms with Crippen molar-refractivity contribution in [3.63, 3.8) is 0 Å². The summed E-state index contributed by atoms with van der Waals surface area (Å²) in [5.41, 5.74) is 2.96. The van der Waals surface area contributed by atoms with Gasteiger partial charge in [0.25, 0.3) is 5.91 Å². The first kappa shape index (κ1) is 19.2. The Balaban J connectivity index is 1.83. The number of aliphatic imine (C=N–C) groups is 1. The van der Waals surface area contributed by atoms with Gasteiger partial charge in [-0.1, -0.05) is 37.3 Å². The molecule has 0 saturated carbocycles. The molecule has 0 N–H and O–H groups in total. The molecule has 1 saturated heterocycles. The van der Waals surface area contributed by atoms with Crippen LogP contribution in [0.5, 0.6) is 5.75 Å². The Morgan fingerprint density at radius 2 is 1.85 bits per heavy atom. The summed E-state index contributed by atoms with van der Waals surface area (Å²) in [7, 11) is 0. The molecule has 1 amide bonds. The molecule has 0 radical (unpaired) electrons. The second-order valence-corrected chi connectivity index (χ2v) is 7.27. The van der Waals surface area contributed by atoms with E-state index in [1.807, 2.05) is 68.5 Å². The number of aryl methyl sites for hydroxylation is 1. The summed E-state index contributed by atoms with van der Waals surface area (Å²) < 4.78 is 5.61. The van der Waals surface area contributed by atoms with Crippen LogP contribution >= 0.6 is 11.8 Å². The molecule has 27 heavy (non-hydrogen) atoms. The number of carbonyl (C=O) groups is 1. The molecule has 2 aromatic carbocycles. The first-order chi connectivity index (χ1) is 13.1. The minimum absolute atomic E-state index is 0.00106. The molecule has 1 aliphatic rings. The van der Waals surface area contributed by atoms with Crippen molar-refractivity contribution in [3.05, 3.63) is 64.6 Å². The number of nitrogens with zero attached hydrogens (tertiary/aromatic N) is 2. The van der Waals surface area contributed by atoms with E-state index in [0.717, 1.165) is 34.2 Å². The lowest BCUT2D eigenvalue weighted by Gasteiger charge is -2.12. The number of ether oxygens (including phenoxy) is 1. The van der Waals surface area contributed by atoms with Crippen molar-refractivity contribution in [2.75, 3.05) is 13.2 Å². The molecule has 5 heteroatoms. The highest BCUT2D eigenvalue weighted by Crippen LogP contribution is 2.34. The number of likely N-dealkylation sites (N-methyl/N-ethyl adjacent to an activating group) is 1. The van der Waals surface area contributed by atoms with Gasteiger partial charge in [-0.15, -0.1) is 0 Å². The number of amidine groups is 1. The van der Waals surface area contributed by atoms with E-state index in [-0.39, 0.29) is 5.91 Å². The van der Waals surface area contributed by atoms with Gasteiger partial charge in [0, 0.05) is 6.54 Å². The third-order valence-electron chi connectivity index (χ3n) is 4.19. The molecule has 1 aliphatic heterocycles. The summed E-state index contributed by atoms with van der Waals surface area (Å²) in [6.45, 7) is 7.37. The summed E-state index contributed by atoms with van der Waals surface area (Å²) in [6, 6.07) is 15.8. The Bertz CT molecular complexity index is 872. The van der Waals surface area contributed by atoms with Crippen LogP contribution in [0, 0.1) is 6.92 Å². The Kier molecular flexibility index (Phi) is 6.35. The van der Waals surface area contributed by atoms with Gasteiger partial charge >= 0.3 is 0 Å². The number of benzene rings is 2. The lowest BCUT2D eigenvalue weighted by molar-refractivity contribution is -0.122. The van der Waals surface area contributed by atoms with Gasteiger partial charge in [0.05, 0.1) is 17.2 Å². The minimum atomic E-state index is 0.00106. The molecule has 140 valence electrons.